The molecule has 1 aromatic rings. The maximum absolute atomic E-state index is 10.5. The van der Waals surface area contributed by atoms with Gasteiger partial charge in [-0.25, -0.2) is 0 Å². The predicted octanol–water partition coefficient (Wildman–Crippen LogP) is 3.98. The smallest absolute Gasteiger partial charge is 0.166 e. The first kappa shape index (κ1) is 25.4. The van der Waals surface area contributed by atoms with Crippen LogP contribution in [0.1, 0.15) is 45.1 Å². The van der Waals surface area contributed by atoms with E-state index in [1.807, 2.05) is 24.3 Å². The summed E-state index contributed by atoms with van der Waals surface area (Å²) in [6.45, 7) is 5.74. The van der Waals surface area contributed by atoms with Crippen LogP contribution in [0.5, 0.6) is 5.75 Å². The molecule has 5 atom stereocenters. The van der Waals surface area contributed by atoms with Gasteiger partial charge in [0.1, 0.15) is 24.0 Å². The molecule has 1 N–H and O–H groups in total. The zero-order chi connectivity index (χ0) is 22.5. The third kappa shape index (κ3) is 7.96. The Kier molecular flexibility index (Phi) is 11.7. The third-order valence-electron chi connectivity index (χ3n) is 5.14. The molecule has 0 spiro atoms. The van der Waals surface area contributed by atoms with Crippen LogP contribution in [0.15, 0.2) is 29.4 Å². The van der Waals surface area contributed by atoms with Crippen LogP contribution < -0.4 is 4.74 Å². The average molecular weight is 438 g/mol. The number of aliphatic hydroxyl groups is 1. The van der Waals surface area contributed by atoms with E-state index in [4.69, 9.17) is 29.2 Å². The molecule has 1 fully saturated rings. The quantitative estimate of drug-likeness (QED) is 0.204. The van der Waals surface area contributed by atoms with Gasteiger partial charge < -0.3 is 28.8 Å². The number of unbranched alkanes of at least 4 members (excludes halogenated alkanes) is 2. The molecule has 9 nitrogen and oxygen atoms in total. The molecule has 3 unspecified atom stereocenters. The molecular weight excluding hydrogens is 402 g/mol. The van der Waals surface area contributed by atoms with Gasteiger partial charge in [0.15, 0.2) is 6.29 Å². The summed E-state index contributed by atoms with van der Waals surface area (Å²) in [7, 11) is 1.62. The van der Waals surface area contributed by atoms with Gasteiger partial charge in [0.05, 0.1) is 26.4 Å². The van der Waals surface area contributed by atoms with Crippen LogP contribution in [-0.2, 0) is 25.6 Å². The summed E-state index contributed by atoms with van der Waals surface area (Å²) >= 11 is 0. The largest absolute Gasteiger partial charge is 0.497 e. The van der Waals surface area contributed by atoms with Crippen molar-refractivity contribution < 1.29 is 28.8 Å². The van der Waals surface area contributed by atoms with Crippen molar-refractivity contribution in [1.29, 1.82) is 0 Å². The Balaban J connectivity index is 2.07. The monoisotopic (exact) mass is 437 g/mol. The van der Waals surface area contributed by atoms with Gasteiger partial charge >= 0.3 is 0 Å². The highest BCUT2D eigenvalue weighted by Gasteiger charge is 2.46. The molecule has 174 valence electrons. The summed E-state index contributed by atoms with van der Waals surface area (Å²) in [6, 6.07) is 6.72. The van der Waals surface area contributed by atoms with E-state index in [2.05, 4.69) is 23.9 Å². The van der Waals surface area contributed by atoms with Crippen LogP contribution in [0.4, 0.5) is 0 Å². The number of hydrogen-bond acceptors (Lipinski definition) is 7. The van der Waals surface area contributed by atoms with Crippen molar-refractivity contribution in [3.63, 3.8) is 0 Å². The fourth-order valence-corrected chi connectivity index (χ4v) is 3.36. The summed E-state index contributed by atoms with van der Waals surface area (Å²) in [5.74, 6) is 0.781. The summed E-state index contributed by atoms with van der Waals surface area (Å²) in [5.41, 5.74) is 9.95. The van der Waals surface area contributed by atoms with E-state index in [1.54, 1.807) is 7.11 Å². The summed E-state index contributed by atoms with van der Waals surface area (Å²) in [4.78, 5) is 2.87. The average Bonchev–Trinajstić information content (AvgIpc) is 2.78. The minimum atomic E-state index is -1.29. The van der Waals surface area contributed by atoms with Crippen LogP contribution in [0.25, 0.3) is 10.4 Å². The Labute approximate surface area is 184 Å². The summed E-state index contributed by atoms with van der Waals surface area (Å²) in [6.07, 6.45) is 0.716. The molecule has 9 heteroatoms. The predicted molar refractivity (Wildman–Crippen MR) is 116 cm³/mol. The fraction of sp³-hybridized carbons (Fsp3) is 0.727. The minimum absolute atomic E-state index is 0.205. The maximum Gasteiger partial charge on any atom is 0.166 e. The number of nitrogens with zero attached hydrogens (tertiary/aromatic N) is 3. The number of hydrogen-bond donors (Lipinski definition) is 1. The second kappa shape index (κ2) is 14.2. The van der Waals surface area contributed by atoms with Crippen LogP contribution in [0, 0.1) is 0 Å². The molecule has 1 heterocycles. The Morgan fingerprint density at radius 3 is 2.29 bits per heavy atom. The van der Waals surface area contributed by atoms with E-state index in [-0.39, 0.29) is 6.61 Å². The van der Waals surface area contributed by atoms with E-state index < -0.39 is 30.6 Å². The number of rotatable bonds is 14. The van der Waals surface area contributed by atoms with Crippen molar-refractivity contribution in [3.05, 3.63) is 40.3 Å². The van der Waals surface area contributed by atoms with Crippen LogP contribution >= 0.6 is 0 Å². The molecule has 1 aliphatic heterocycles. The molecule has 0 saturated carbocycles. The Hall–Kier alpha value is -1.87. The molecule has 0 bridgehead atoms. The highest BCUT2D eigenvalue weighted by molar-refractivity contribution is 5.26. The van der Waals surface area contributed by atoms with Gasteiger partial charge in [-0.15, -0.1) is 0 Å². The lowest BCUT2D eigenvalue weighted by Gasteiger charge is -2.43. The first-order chi connectivity index (χ1) is 15.1. The topological polar surface area (TPSA) is 115 Å². The first-order valence-corrected chi connectivity index (χ1v) is 11.0. The summed E-state index contributed by atoms with van der Waals surface area (Å²) in [5, 5.41) is 14.2. The Bertz CT molecular complexity index is 668. The molecule has 0 aliphatic carbocycles. The highest BCUT2D eigenvalue weighted by Crippen LogP contribution is 2.28. The van der Waals surface area contributed by atoms with E-state index in [9.17, 15) is 5.11 Å². The number of ether oxygens (including phenoxy) is 5. The van der Waals surface area contributed by atoms with Crippen molar-refractivity contribution in [2.24, 2.45) is 5.11 Å². The van der Waals surface area contributed by atoms with Crippen LogP contribution in [0.2, 0.25) is 0 Å². The van der Waals surface area contributed by atoms with Crippen molar-refractivity contribution in [1.82, 2.24) is 0 Å². The minimum Gasteiger partial charge on any atom is -0.497 e. The Morgan fingerprint density at radius 1 is 1.06 bits per heavy atom. The van der Waals surface area contributed by atoms with Crippen molar-refractivity contribution in [3.8, 4) is 5.75 Å². The molecule has 0 aromatic heterocycles. The zero-order valence-electron chi connectivity index (χ0n) is 18.7. The number of methoxy groups -OCH3 is 1. The van der Waals surface area contributed by atoms with Crippen molar-refractivity contribution in [2.45, 2.75) is 76.8 Å². The maximum atomic E-state index is 10.5. The molecule has 2 rings (SSSR count). The molecule has 1 saturated heterocycles. The van der Waals surface area contributed by atoms with Gasteiger partial charge in [0, 0.05) is 18.1 Å². The second-order valence-corrected chi connectivity index (χ2v) is 7.50. The van der Waals surface area contributed by atoms with Gasteiger partial charge in [-0.2, -0.15) is 0 Å². The zero-order valence-corrected chi connectivity index (χ0v) is 18.7. The SMILES string of the molecule is CCCCO[C@@H]1C(COCc2ccc(OC)cc2)OC(O)C(N=[N+]=[N-])[C@H]1OCCCC. The van der Waals surface area contributed by atoms with Gasteiger partial charge in [-0.1, -0.05) is 43.9 Å². The van der Waals surface area contributed by atoms with E-state index in [0.29, 0.717) is 19.8 Å². The lowest BCUT2D eigenvalue weighted by Crippen LogP contribution is -2.60. The Morgan fingerprint density at radius 2 is 1.71 bits per heavy atom. The molecule has 0 amide bonds. The molecule has 1 aliphatic rings. The highest BCUT2D eigenvalue weighted by atomic mass is 16.7. The van der Waals surface area contributed by atoms with E-state index in [1.165, 1.54) is 0 Å². The van der Waals surface area contributed by atoms with Crippen LogP contribution in [0.3, 0.4) is 0 Å². The molecule has 31 heavy (non-hydrogen) atoms. The molecular formula is C22H35N3O6. The first-order valence-electron chi connectivity index (χ1n) is 11.0. The van der Waals surface area contributed by atoms with Gasteiger partial charge in [0.25, 0.3) is 0 Å². The summed E-state index contributed by atoms with van der Waals surface area (Å²) < 4.78 is 28.9. The van der Waals surface area contributed by atoms with E-state index in [0.717, 1.165) is 37.0 Å². The van der Waals surface area contributed by atoms with E-state index >= 15 is 0 Å². The number of benzene rings is 1. The van der Waals surface area contributed by atoms with Crippen molar-refractivity contribution in [2.75, 3.05) is 26.9 Å². The standard InChI is InChI=1S/C22H35N3O6/c1-4-6-12-29-20-18(15-28-14-16-8-10-17(27-3)11-9-16)31-22(26)19(24-25-23)21(20)30-13-7-5-2/h8-11,18-22,26H,4-7,12-15H2,1-3H3/t18?,19?,20-,21-,22?/m1/s1. The lowest BCUT2D eigenvalue weighted by molar-refractivity contribution is -0.269. The van der Waals surface area contributed by atoms with Crippen molar-refractivity contribution >= 4 is 0 Å². The van der Waals surface area contributed by atoms with Gasteiger partial charge in [0.2, 0.25) is 0 Å². The second-order valence-electron chi connectivity index (χ2n) is 7.50. The van der Waals surface area contributed by atoms with Gasteiger partial charge in [-0.3, -0.25) is 0 Å². The normalized spacial score (nSPS) is 25.7. The third-order valence-corrected chi connectivity index (χ3v) is 5.14. The molecule has 1 aromatic carbocycles. The van der Waals surface area contributed by atoms with Gasteiger partial charge in [-0.05, 0) is 36.1 Å². The number of aliphatic hydroxyl groups excluding tert-OH is 1. The molecule has 0 radical (unpaired) electrons. The number of azide groups is 1. The lowest BCUT2D eigenvalue weighted by atomic mass is 9.97. The fourth-order valence-electron chi connectivity index (χ4n) is 3.36. The van der Waals surface area contributed by atoms with Crippen LogP contribution in [-0.4, -0.2) is 62.7 Å².